The topological polar surface area (TPSA) is 113 Å². The van der Waals surface area contributed by atoms with Crippen LogP contribution in [0.5, 0.6) is 23.0 Å². The number of hydrogen-bond donors (Lipinski definition) is 1. The highest BCUT2D eigenvalue weighted by Gasteiger charge is 2.37. The van der Waals surface area contributed by atoms with Crippen molar-refractivity contribution < 1.29 is 23.7 Å². The van der Waals surface area contributed by atoms with Crippen molar-refractivity contribution in [1.82, 2.24) is 25.1 Å². The van der Waals surface area contributed by atoms with Gasteiger partial charge < -0.3 is 24.3 Å². The maximum atomic E-state index is 12.8. The molecule has 0 saturated carbocycles. The molecule has 0 radical (unpaired) electrons. The van der Waals surface area contributed by atoms with Crippen LogP contribution in [0, 0.1) is 0 Å². The molecule has 194 valence electrons. The van der Waals surface area contributed by atoms with Crippen molar-refractivity contribution in [2.24, 2.45) is 0 Å². The van der Waals surface area contributed by atoms with Crippen molar-refractivity contribution in [3.8, 4) is 28.7 Å². The van der Waals surface area contributed by atoms with Crippen LogP contribution in [-0.4, -0.2) is 65.6 Å². The molecule has 4 aromatic rings. The van der Waals surface area contributed by atoms with Crippen molar-refractivity contribution in [1.29, 1.82) is 0 Å². The Balaban J connectivity index is 1.32. The predicted octanol–water partition coefficient (Wildman–Crippen LogP) is 3.24. The van der Waals surface area contributed by atoms with E-state index in [9.17, 15) is 4.79 Å². The van der Waals surface area contributed by atoms with E-state index in [1.807, 2.05) is 43.4 Å². The first-order valence-electron chi connectivity index (χ1n) is 12.1. The quantitative estimate of drug-likeness (QED) is 0.414. The van der Waals surface area contributed by atoms with Crippen molar-refractivity contribution >= 4 is 11.6 Å². The highest BCUT2D eigenvalue weighted by Crippen LogP contribution is 2.50. The van der Waals surface area contributed by atoms with Crippen LogP contribution in [0.15, 0.2) is 54.6 Å². The number of carbonyl (C=O) groups is 1. The van der Waals surface area contributed by atoms with Gasteiger partial charge in [0.05, 0.1) is 19.9 Å². The first kappa shape index (κ1) is 23.7. The molecule has 2 aliphatic heterocycles. The van der Waals surface area contributed by atoms with Crippen LogP contribution < -0.4 is 24.3 Å². The number of methoxy groups -OCH3 is 2. The summed E-state index contributed by atoms with van der Waals surface area (Å²) in [7, 11) is 5.24. The molecule has 0 bridgehead atoms. The van der Waals surface area contributed by atoms with Gasteiger partial charge in [-0.15, -0.1) is 5.10 Å². The first-order valence-corrected chi connectivity index (χ1v) is 12.1. The molecule has 0 aliphatic carbocycles. The fourth-order valence-corrected chi connectivity index (χ4v) is 4.97. The fourth-order valence-electron chi connectivity index (χ4n) is 4.97. The summed E-state index contributed by atoms with van der Waals surface area (Å²) in [5.41, 5.74) is 3.93. The maximum absolute atomic E-state index is 12.8. The van der Waals surface area contributed by atoms with Crippen LogP contribution in [0.4, 0.5) is 5.69 Å². The van der Waals surface area contributed by atoms with E-state index in [4.69, 9.17) is 18.9 Å². The lowest BCUT2D eigenvalue weighted by molar-refractivity contribution is 0.102. The second-order valence-electron chi connectivity index (χ2n) is 9.03. The Morgan fingerprint density at radius 3 is 2.71 bits per heavy atom. The summed E-state index contributed by atoms with van der Waals surface area (Å²) in [6.45, 7) is 0.960. The molecule has 3 aromatic carbocycles. The standard InChI is InChI=1S/C27H26N6O5/c1-32-12-11-17-13-21-24(38-15-37-21)25(36-3)22(17)23(32)26-29-30-31-33(26)19-9-7-16(8-10-19)27(34)28-18-5-4-6-20(14-18)35-2/h4-10,13-14,23H,11-12,15H2,1-3H3,(H,28,34)/t23-/m1/s1. The smallest absolute Gasteiger partial charge is 0.255 e. The third kappa shape index (κ3) is 4.06. The average Bonchev–Trinajstić information content (AvgIpc) is 3.62. The lowest BCUT2D eigenvalue weighted by Crippen LogP contribution is -2.35. The molecule has 0 saturated heterocycles. The molecule has 1 N–H and O–H groups in total. The minimum Gasteiger partial charge on any atom is -0.497 e. The van der Waals surface area contributed by atoms with Gasteiger partial charge in [-0.25, -0.2) is 0 Å². The Kier molecular flexibility index (Phi) is 6.04. The number of fused-ring (bicyclic) bond motifs is 2. The van der Waals surface area contributed by atoms with Gasteiger partial charge in [-0.05, 0) is 71.9 Å². The maximum Gasteiger partial charge on any atom is 0.255 e. The van der Waals surface area contributed by atoms with Crippen LogP contribution in [0.3, 0.4) is 0 Å². The zero-order valence-corrected chi connectivity index (χ0v) is 21.2. The number of carbonyl (C=O) groups excluding carboxylic acids is 1. The summed E-state index contributed by atoms with van der Waals surface area (Å²) in [4.78, 5) is 15.0. The third-order valence-electron chi connectivity index (χ3n) is 6.84. The summed E-state index contributed by atoms with van der Waals surface area (Å²) >= 11 is 0. The van der Waals surface area contributed by atoms with Gasteiger partial charge in [0.25, 0.3) is 5.91 Å². The Labute approximate surface area is 218 Å². The van der Waals surface area contributed by atoms with Crippen LogP contribution in [0.2, 0.25) is 0 Å². The molecule has 38 heavy (non-hydrogen) atoms. The number of hydrogen-bond acceptors (Lipinski definition) is 9. The second kappa shape index (κ2) is 9.67. The van der Waals surface area contributed by atoms with Crippen molar-refractivity contribution in [2.45, 2.75) is 12.5 Å². The fraction of sp³-hybridized carbons (Fsp3) is 0.259. The van der Waals surface area contributed by atoms with E-state index in [0.29, 0.717) is 40.1 Å². The van der Waals surface area contributed by atoms with Gasteiger partial charge in [0.1, 0.15) is 11.8 Å². The van der Waals surface area contributed by atoms with Gasteiger partial charge >= 0.3 is 0 Å². The Morgan fingerprint density at radius 2 is 1.92 bits per heavy atom. The van der Waals surface area contributed by atoms with E-state index in [0.717, 1.165) is 29.8 Å². The largest absolute Gasteiger partial charge is 0.497 e. The molecule has 0 unspecified atom stereocenters. The summed E-state index contributed by atoms with van der Waals surface area (Å²) in [6, 6.07) is 16.1. The van der Waals surface area contributed by atoms with Crippen molar-refractivity contribution in [3.05, 3.63) is 77.1 Å². The molecule has 6 rings (SSSR count). The van der Waals surface area contributed by atoms with Gasteiger partial charge in [-0.3, -0.25) is 9.69 Å². The van der Waals surface area contributed by atoms with Gasteiger partial charge in [0.15, 0.2) is 17.3 Å². The first-order chi connectivity index (χ1) is 18.6. The second-order valence-corrected chi connectivity index (χ2v) is 9.03. The molecule has 0 spiro atoms. The number of rotatable bonds is 6. The Bertz CT molecular complexity index is 1500. The molecule has 11 nitrogen and oxygen atoms in total. The van der Waals surface area contributed by atoms with Crippen molar-refractivity contribution in [3.63, 3.8) is 0 Å². The van der Waals surface area contributed by atoms with E-state index in [1.54, 1.807) is 37.1 Å². The van der Waals surface area contributed by atoms with E-state index in [2.05, 4.69) is 25.7 Å². The van der Waals surface area contributed by atoms with Gasteiger partial charge in [-0.1, -0.05) is 6.07 Å². The normalized spacial score (nSPS) is 16.1. The number of likely N-dealkylation sites (N-methyl/N-ethyl adjacent to an activating group) is 1. The number of benzene rings is 3. The number of amides is 1. The Hall–Kier alpha value is -4.64. The zero-order valence-electron chi connectivity index (χ0n) is 21.2. The molecule has 1 aromatic heterocycles. The minimum absolute atomic E-state index is 0.157. The van der Waals surface area contributed by atoms with Gasteiger partial charge in [-0.2, -0.15) is 4.68 Å². The van der Waals surface area contributed by atoms with Crippen LogP contribution >= 0.6 is 0 Å². The molecule has 3 heterocycles. The van der Waals surface area contributed by atoms with Crippen LogP contribution in [-0.2, 0) is 6.42 Å². The summed E-state index contributed by atoms with van der Waals surface area (Å²) in [5.74, 6) is 2.97. The predicted molar refractivity (Wildman–Crippen MR) is 137 cm³/mol. The number of nitrogens with one attached hydrogen (secondary N) is 1. The van der Waals surface area contributed by atoms with Gasteiger partial charge in [0.2, 0.25) is 12.5 Å². The molecular weight excluding hydrogens is 488 g/mol. The third-order valence-corrected chi connectivity index (χ3v) is 6.84. The molecule has 2 aliphatic rings. The summed E-state index contributed by atoms with van der Waals surface area (Å²) in [6.07, 6.45) is 0.827. The minimum atomic E-state index is -0.283. The highest BCUT2D eigenvalue weighted by atomic mass is 16.7. The summed E-state index contributed by atoms with van der Waals surface area (Å²) < 4.78 is 24.1. The molecule has 1 amide bonds. The van der Waals surface area contributed by atoms with Crippen molar-refractivity contribution in [2.75, 3.05) is 39.9 Å². The van der Waals surface area contributed by atoms with Crippen LogP contribution in [0.1, 0.15) is 33.4 Å². The number of tetrazole rings is 1. The SMILES string of the molecule is COc1cccc(NC(=O)c2ccc(-n3nnnc3[C@H]3c4c(cc5c(c4OC)OCO5)CCN3C)cc2)c1. The Morgan fingerprint density at radius 1 is 1.08 bits per heavy atom. The number of aromatic nitrogens is 4. The molecule has 0 fully saturated rings. The highest BCUT2D eigenvalue weighted by molar-refractivity contribution is 6.04. The molecular formula is C27H26N6O5. The van der Waals surface area contributed by atoms with E-state index >= 15 is 0 Å². The van der Waals surface area contributed by atoms with E-state index in [-0.39, 0.29) is 18.7 Å². The molecule has 1 atom stereocenters. The summed E-state index contributed by atoms with van der Waals surface area (Å²) in [5, 5.41) is 15.6. The lowest BCUT2D eigenvalue weighted by atomic mass is 9.90. The molecule has 11 heteroatoms. The number of anilines is 1. The lowest BCUT2D eigenvalue weighted by Gasteiger charge is -2.34. The number of ether oxygens (including phenoxy) is 4. The van der Waals surface area contributed by atoms with E-state index < -0.39 is 0 Å². The number of nitrogens with zero attached hydrogens (tertiary/aromatic N) is 5. The van der Waals surface area contributed by atoms with Crippen LogP contribution in [0.25, 0.3) is 5.69 Å². The van der Waals surface area contributed by atoms with Gasteiger partial charge in [0, 0.05) is 29.4 Å². The monoisotopic (exact) mass is 514 g/mol. The zero-order chi connectivity index (χ0) is 26.2. The average molecular weight is 515 g/mol. The van der Waals surface area contributed by atoms with E-state index in [1.165, 1.54) is 0 Å².